The van der Waals surface area contributed by atoms with Gasteiger partial charge in [0.05, 0.1) is 47.2 Å². The standard InChI is InChI=1S/C48H52N3O10/c1-48(38-15-19-40(56-3)20-16-38,39-17-21-41(22-18-39)61-46(54)10-7-6-9-44(52)57-4)26-23-45(53)60-31-8-30-59-32-29-51-27-24-35(25-28-51)33-43(50-2)37-13-11-36(12-14-37)42(34-49)47(55)58-5/h11-22,24-25,27-28,33,42H,6-10,23,26,29-32H2,1,3-5H3/q+1/b43-33-. The molecule has 4 aromatic rings. The van der Waals surface area contributed by atoms with Gasteiger partial charge in [0.2, 0.25) is 0 Å². The Kier molecular flexibility index (Phi) is 18.7. The summed E-state index contributed by atoms with van der Waals surface area (Å²) >= 11 is 0. The van der Waals surface area contributed by atoms with E-state index >= 15 is 0 Å². The maximum absolute atomic E-state index is 12.9. The Balaban J connectivity index is 1.21. The molecule has 3 aromatic carbocycles. The second-order valence-corrected chi connectivity index (χ2v) is 14.2. The lowest BCUT2D eigenvalue weighted by Gasteiger charge is -2.31. The molecule has 4 rings (SSSR count). The number of nitriles is 1. The van der Waals surface area contributed by atoms with Gasteiger partial charge >= 0.3 is 23.9 Å². The molecule has 0 radical (unpaired) electrons. The van der Waals surface area contributed by atoms with Crippen molar-refractivity contribution >= 4 is 35.7 Å². The number of esters is 4. The second-order valence-electron chi connectivity index (χ2n) is 14.2. The molecule has 13 heteroatoms. The number of carbonyl (C=O) groups is 4. The largest absolute Gasteiger partial charge is 0.497 e. The average molecular weight is 831 g/mol. The zero-order valence-corrected chi connectivity index (χ0v) is 35.1. The van der Waals surface area contributed by atoms with Crippen molar-refractivity contribution in [3.8, 4) is 17.6 Å². The molecule has 0 fully saturated rings. The Hall–Kier alpha value is -6.83. The van der Waals surface area contributed by atoms with Crippen LogP contribution in [0.4, 0.5) is 0 Å². The molecule has 318 valence electrons. The van der Waals surface area contributed by atoms with E-state index in [0.29, 0.717) is 68.0 Å². The Morgan fingerprint density at radius 3 is 1.95 bits per heavy atom. The van der Waals surface area contributed by atoms with Crippen molar-refractivity contribution in [2.24, 2.45) is 0 Å². The first-order chi connectivity index (χ1) is 29.5. The van der Waals surface area contributed by atoms with Gasteiger partial charge in [-0.1, -0.05) is 55.5 Å². The van der Waals surface area contributed by atoms with Crippen LogP contribution in [0.1, 0.15) is 85.6 Å². The summed E-state index contributed by atoms with van der Waals surface area (Å²) in [4.78, 5) is 52.1. The number of carbonyl (C=O) groups excluding carboxylic acids is 4. The fourth-order valence-corrected chi connectivity index (χ4v) is 6.45. The van der Waals surface area contributed by atoms with E-state index in [2.05, 4.69) is 16.5 Å². The zero-order valence-electron chi connectivity index (χ0n) is 35.1. The van der Waals surface area contributed by atoms with Gasteiger partial charge in [-0.25, -0.2) is 9.41 Å². The third-order valence-electron chi connectivity index (χ3n) is 10.2. The van der Waals surface area contributed by atoms with Crippen molar-refractivity contribution in [2.45, 2.75) is 69.7 Å². The van der Waals surface area contributed by atoms with Gasteiger partial charge in [0, 0.05) is 43.2 Å². The van der Waals surface area contributed by atoms with Crippen molar-refractivity contribution in [3.63, 3.8) is 0 Å². The third-order valence-corrected chi connectivity index (χ3v) is 10.2. The van der Waals surface area contributed by atoms with Crippen LogP contribution in [0.15, 0.2) is 97.3 Å². The number of ether oxygens (including phenoxy) is 6. The topological polar surface area (TPSA) is 156 Å². The lowest BCUT2D eigenvalue weighted by Crippen LogP contribution is -2.35. The lowest BCUT2D eigenvalue weighted by atomic mass is 9.73. The first-order valence-corrected chi connectivity index (χ1v) is 20.0. The third kappa shape index (κ3) is 14.4. The van der Waals surface area contributed by atoms with Gasteiger partial charge in [0.15, 0.2) is 30.6 Å². The Morgan fingerprint density at radius 2 is 1.38 bits per heavy atom. The summed E-state index contributed by atoms with van der Waals surface area (Å²) in [6, 6.07) is 27.5. The molecule has 0 aliphatic rings. The first-order valence-electron chi connectivity index (χ1n) is 20.0. The van der Waals surface area contributed by atoms with Crippen molar-refractivity contribution < 1.29 is 52.2 Å². The summed E-state index contributed by atoms with van der Waals surface area (Å²) in [6.45, 7) is 11.4. The number of methoxy groups -OCH3 is 3. The summed E-state index contributed by atoms with van der Waals surface area (Å²) in [6.07, 6.45) is 8.25. The van der Waals surface area contributed by atoms with E-state index in [4.69, 9.17) is 30.3 Å². The molecule has 61 heavy (non-hydrogen) atoms. The molecule has 1 heterocycles. The monoisotopic (exact) mass is 830 g/mol. The molecule has 0 spiro atoms. The van der Waals surface area contributed by atoms with E-state index in [1.165, 1.54) is 14.2 Å². The number of rotatable bonds is 23. The fourth-order valence-electron chi connectivity index (χ4n) is 6.45. The summed E-state index contributed by atoms with van der Waals surface area (Å²) in [5.74, 6) is -1.53. The number of hydrogen-bond acceptors (Lipinski definition) is 11. The first kappa shape index (κ1) is 46.9. The van der Waals surface area contributed by atoms with E-state index in [0.717, 1.165) is 22.4 Å². The molecule has 0 bridgehead atoms. The number of aromatic nitrogens is 1. The van der Waals surface area contributed by atoms with Crippen molar-refractivity contribution in [1.29, 1.82) is 5.26 Å². The molecular formula is C48H52N3O10+. The number of nitrogens with zero attached hydrogens (tertiary/aromatic N) is 3. The van der Waals surface area contributed by atoms with Crippen molar-refractivity contribution in [2.75, 3.05) is 41.2 Å². The molecule has 13 nitrogen and oxygen atoms in total. The Labute approximate surface area is 357 Å². The maximum atomic E-state index is 12.9. The van der Waals surface area contributed by atoms with Crippen LogP contribution in [0, 0.1) is 17.9 Å². The number of benzene rings is 3. The van der Waals surface area contributed by atoms with Crippen molar-refractivity contribution in [1.82, 2.24) is 0 Å². The van der Waals surface area contributed by atoms with Crippen LogP contribution in [-0.4, -0.2) is 65.0 Å². The minimum Gasteiger partial charge on any atom is -0.497 e. The predicted octanol–water partition coefficient (Wildman–Crippen LogP) is 7.56. The van der Waals surface area contributed by atoms with Crippen LogP contribution in [0.2, 0.25) is 0 Å². The van der Waals surface area contributed by atoms with Crippen LogP contribution >= 0.6 is 0 Å². The van der Waals surface area contributed by atoms with Gasteiger partial charge in [-0.3, -0.25) is 19.2 Å². The SMILES string of the molecule is [C-]#[N+]/C(=C\c1cc[n+](CCOCCCOC(=O)CCC(C)(c2ccc(OC)cc2)c2ccc(OC(=O)CCCCC(=O)OC)cc2)cc1)c1ccc(C(C#N)C(=O)OC)cc1. The van der Waals surface area contributed by atoms with Gasteiger partial charge < -0.3 is 28.4 Å². The van der Waals surface area contributed by atoms with Crippen LogP contribution in [-0.2, 0) is 50.1 Å². The molecule has 2 atom stereocenters. The van der Waals surface area contributed by atoms with Gasteiger partial charge in [-0.15, -0.1) is 0 Å². The van der Waals surface area contributed by atoms with Crippen LogP contribution in [0.5, 0.6) is 11.5 Å². The van der Waals surface area contributed by atoms with E-state index in [1.54, 1.807) is 49.6 Å². The second kappa shape index (κ2) is 24.3. The summed E-state index contributed by atoms with van der Waals surface area (Å²) in [7, 11) is 4.18. The molecule has 0 saturated carbocycles. The minimum absolute atomic E-state index is 0.178. The molecule has 0 aliphatic carbocycles. The summed E-state index contributed by atoms with van der Waals surface area (Å²) in [5.41, 5.74) is 3.76. The molecule has 0 aliphatic heterocycles. The van der Waals surface area contributed by atoms with E-state index < -0.39 is 17.3 Å². The Bertz CT molecular complexity index is 2170. The molecule has 0 amide bonds. The highest BCUT2D eigenvalue weighted by molar-refractivity contribution is 5.86. The van der Waals surface area contributed by atoms with Crippen molar-refractivity contribution in [3.05, 3.63) is 137 Å². The zero-order chi connectivity index (χ0) is 44.0. The smallest absolute Gasteiger partial charge is 0.327 e. The lowest BCUT2D eigenvalue weighted by molar-refractivity contribution is -0.698. The molecule has 2 unspecified atom stereocenters. The maximum Gasteiger partial charge on any atom is 0.327 e. The van der Waals surface area contributed by atoms with E-state index in [1.807, 2.05) is 71.6 Å². The fraction of sp³-hybridized carbons (Fsp3) is 0.354. The van der Waals surface area contributed by atoms with E-state index in [9.17, 15) is 24.4 Å². The van der Waals surface area contributed by atoms with Gasteiger partial charge in [0.25, 0.3) is 0 Å². The van der Waals surface area contributed by atoms with Crippen LogP contribution in [0.3, 0.4) is 0 Å². The van der Waals surface area contributed by atoms with Crippen LogP contribution in [0.25, 0.3) is 16.6 Å². The highest BCUT2D eigenvalue weighted by Gasteiger charge is 2.30. The molecule has 0 N–H and O–H groups in total. The van der Waals surface area contributed by atoms with Gasteiger partial charge in [-0.05, 0) is 77.4 Å². The quantitative estimate of drug-likeness (QED) is 0.0182. The molecular weight excluding hydrogens is 779 g/mol. The van der Waals surface area contributed by atoms with E-state index in [-0.39, 0.29) is 43.8 Å². The molecule has 1 aromatic heterocycles. The number of pyridine rings is 1. The summed E-state index contributed by atoms with van der Waals surface area (Å²) < 4.78 is 33.5. The number of hydrogen-bond donors (Lipinski definition) is 0. The minimum atomic E-state index is -1.03. The number of unbranched alkanes of at least 4 members (excludes halogenated alkanes) is 1. The average Bonchev–Trinajstić information content (AvgIpc) is 3.29. The van der Waals surface area contributed by atoms with Gasteiger partial charge in [-0.2, -0.15) is 5.26 Å². The highest BCUT2D eigenvalue weighted by Crippen LogP contribution is 2.38. The van der Waals surface area contributed by atoms with Gasteiger partial charge in [0.1, 0.15) is 18.1 Å². The normalized spacial score (nSPS) is 12.5. The molecule has 0 saturated heterocycles. The Morgan fingerprint density at radius 1 is 0.754 bits per heavy atom. The summed E-state index contributed by atoms with van der Waals surface area (Å²) in [5, 5.41) is 9.34. The highest BCUT2D eigenvalue weighted by atomic mass is 16.5. The predicted molar refractivity (Wildman–Crippen MR) is 226 cm³/mol. The van der Waals surface area contributed by atoms with Crippen LogP contribution < -0.4 is 14.0 Å².